The molecular weight excluding hydrogens is 469 g/mol. The Morgan fingerprint density at radius 3 is 2.53 bits per heavy atom. The van der Waals surface area contributed by atoms with Crippen LogP contribution in [-0.4, -0.2) is 48.2 Å². The van der Waals surface area contributed by atoms with Crippen LogP contribution in [0, 0.1) is 0 Å². The molecule has 8 nitrogen and oxygen atoms in total. The number of ketones is 1. The Hall–Kier alpha value is -2.65. The van der Waals surface area contributed by atoms with E-state index < -0.39 is 36.2 Å². The quantitative estimate of drug-likeness (QED) is 0.391. The first kappa shape index (κ1) is 27.6. The topological polar surface area (TPSA) is 110 Å². The molecule has 0 radical (unpaired) electrons. The second kappa shape index (κ2) is 12.2. The van der Waals surface area contributed by atoms with Crippen molar-refractivity contribution < 1.29 is 53.8 Å². The normalized spacial score (nSPS) is 15.3. The zero-order valence-electron chi connectivity index (χ0n) is 19.2. The molecule has 2 aromatic rings. The van der Waals surface area contributed by atoms with Crippen molar-refractivity contribution in [2.75, 3.05) is 18.5 Å². The third-order valence-electron chi connectivity index (χ3n) is 5.23. The summed E-state index contributed by atoms with van der Waals surface area (Å²) in [6, 6.07) is 12.1. The number of carbonyl (C=O) groups excluding carboxylic acids is 4. The number of benzene rings is 2. The van der Waals surface area contributed by atoms with E-state index in [9.17, 15) is 24.3 Å². The molecule has 0 saturated carbocycles. The first-order valence-electron chi connectivity index (χ1n) is 10.3. The standard InChI is InChI=1S/C24H24ClN3O5.Na/c1-15-14-27(2)23(32)21(22(15)31)28(24(33)26-11-10-20(29)30)18-8-5-6-16(13-18)12-17-7-3-4-9-19(17)25;/h3-9,13-14,21H,10-12H2,1-2H3,(H,26,33)(H,29,30);/q;+1/p-1. The summed E-state index contributed by atoms with van der Waals surface area (Å²) < 4.78 is 0. The second-order valence-corrected chi connectivity index (χ2v) is 8.10. The average Bonchev–Trinajstić information content (AvgIpc) is 2.76. The second-order valence-electron chi connectivity index (χ2n) is 7.69. The van der Waals surface area contributed by atoms with Gasteiger partial charge in [0.2, 0.25) is 0 Å². The molecule has 1 N–H and O–H groups in total. The van der Waals surface area contributed by atoms with E-state index in [1.54, 1.807) is 31.2 Å². The summed E-state index contributed by atoms with van der Waals surface area (Å²) in [5.41, 5.74) is 2.33. The number of Topliss-reactive ketones (excluding diaryl/α,β-unsaturated/α-hetero) is 1. The maximum atomic E-state index is 13.1. The largest absolute Gasteiger partial charge is 1.00 e. The minimum absolute atomic E-state index is 0. The summed E-state index contributed by atoms with van der Waals surface area (Å²) >= 11 is 6.27. The Balaban J connectivity index is 0.00000408. The molecule has 34 heavy (non-hydrogen) atoms. The van der Waals surface area contributed by atoms with E-state index in [0.29, 0.717) is 22.7 Å². The van der Waals surface area contributed by atoms with Crippen LogP contribution >= 0.6 is 11.6 Å². The van der Waals surface area contributed by atoms with Gasteiger partial charge in [-0.25, -0.2) is 4.79 Å². The van der Waals surface area contributed by atoms with Crippen molar-refractivity contribution in [3.05, 3.63) is 76.5 Å². The number of carboxylic acid groups (broad SMARTS) is 1. The van der Waals surface area contributed by atoms with Crippen LogP contribution in [0.3, 0.4) is 0 Å². The van der Waals surface area contributed by atoms with Crippen LogP contribution in [0.5, 0.6) is 0 Å². The fraction of sp³-hybridized carbons (Fsp3) is 0.250. The zero-order valence-corrected chi connectivity index (χ0v) is 22.0. The Morgan fingerprint density at radius 2 is 1.85 bits per heavy atom. The minimum atomic E-state index is -1.42. The van der Waals surface area contributed by atoms with Gasteiger partial charge in [0.15, 0.2) is 11.8 Å². The number of amides is 3. The van der Waals surface area contributed by atoms with E-state index in [0.717, 1.165) is 16.0 Å². The summed E-state index contributed by atoms with van der Waals surface area (Å²) in [4.78, 5) is 52.0. The first-order chi connectivity index (χ1) is 15.7. The SMILES string of the molecule is CC1=CN(C)C(=O)C(N(C(=O)NCCC(=O)[O-])c2cccc(Cc3ccccc3Cl)c2)C1=O.[Na+]. The molecule has 10 heteroatoms. The number of aliphatic carboxylic acids is 1. The molecule has 0 fully saturated rings. The third-order valence-corrected chi connectivity index (χ3v) is 5.60. The number of rotatable bonds is 7. The molecule has 0 spiro atoms. The number of anilines is 1. The summed E-state index contributed by atoms with van der Waals surface area (Å²) in [6.07, 6.45) is 1.48. The number of carbonyl (C=O) groups is 4. The number of carboxylic acids is 1. The molecule has 0 bridgehead atoms. The number of hydrogen-bond donors (Lipinski definition) is 1. The summed E-state index contributed by atoms with van der Waals surface area (Å²) in [5, 5.41) is 13.8. The Kier molecular flexibility index (Phi) is 9.88. The van der Waals surface area contributed by atoms with Gasteiger partial charge >= 0.3 is 35.6 Å². The molecule has 1 aliphatic rings. The van der Waals surface area contributed by atoms with Gasteiger partial charge in [0.05, 0.1) is 0 Å². The third kappa shape index (κ3) is 6.48. The molecule has 3 amide bonds. The van der Waals surface area contributed by atoms with E-state index in [1.807, 2.05) is 24.3 Å². The molecular formula is C24H23ClN3NaO5. The van der Waals surface area contributed by atoms with Crippen molar-refractivity contribution in [2.45, 2.75) is 25.8 Å². The molecule has 1 heterocycles. The van der Waals surface area contributed by atoms with Crippen molar-refractivity contribution in [2.24, 2.45) is 0 Å². The first-order valence-corrected chi connectivity index (χ1v) is 10.7. The monoisotopic (exact) mass is 491 g/mol. The number of nitrogens with one attached hydrogen (secondary N) is 1. The molecule has 0 aromatic heterocycles. The van der Waals surface area contributed by atoms with Crippen molar-refractivity contribution in [3.8, 4) is 0 Å². The Morgan fingerprint density at radius 1 is 1.15 bits per heavy atom. The van der Waals surface area contributed by atoms with Crippen LogP contribution < -0.4 is 44.9 Å². The van der Waals surface area contributed by atoms with Gasteiger partial charge in [0.1, 0.15) is 0 Å². The fourth-order valence-electron chi connectivity index (χ4n) is 3.58. The zero-order chi connectivity index (χ0) is 24.1. The van der Waals surface area contributed by atoms with Gasteiger partial charge in [-0.15, -0.1) is 0 Å². The van der Waals surface area contributed by atoms with Crippen LogP contribution in [0.1, 0.15) is 24.5 Å². The van der Waals surface area contributed by atoms with E-state index in [-0.39, 0.29) is 36.1 Å². The van der Waals surface area contributed by atoms with E-state index in [4.69, 9.17) is 11.6 Å². The van der Waals surface area contributed by atoms with Crippen LogP contribution in [0.2, 0.25) is 5.02 Å². The van der Waals surface area contributed by atoms with Gasteiger partial charge in [0.25, 0.3) is 5.91 Å². The van der Waals surface area contributed by atoms with E-state index >= 15 is 0 Å². The maximum absolute atomic E-state index is 13.1. The predicted molar refractivity (Wildman–Crippen MR) is 122 cm³/mol. The molecule has 1 aliphatic heterocycles. The van der Waals surface area contributed by atoms with Gasteiger partial charge in [-0.05, 0) is 42.7 Å². The average molecular weight is 492 g/mol. The van der Waals surface area contributed by atoms with Gasteiger partial charge in [-0.1, -0.05) is 41.9 Å². The molecule has 1 unspecified atom stereocenters. The van der Waals surface area contributed by atoms with Gasteiger partial charge in [-0.3, -0.25) is 14.5 Å². The van der Waals surface area contributed by atoms with Crippen molar-refractivity contribution in [3.63, 3.8) is 0 Å². The molecule has 2 aromatic carbocycles. The Bertz CT molecular complexity index is 1140. The number of likely N-dealkylation sites (N-methyl/N-ethyl adjacent to an activating group) is 1. The summed E-state index contributed by atoms with van der Waals surface area (Å²) in [5.74, 6) is -2.41. The smallest absolute Gasteiger partial charge is 0.550 e. The molecule has 1 atom stereocenters. The molecule has 172 valence electrons. The van der Waals surface area contributed by atoms with E-state index in [1.165, 1.54) is 18.1 Å². The number of nitrogens with zero attached hydrogens (tertiary/aromatic N) is 2. The number of urea groups is 1. The summed E-state index contributed by atoms with van der Waals surface area (Å²) in [6.45, 7) is 1.36. The van der Waals surface area contributed by atoms with Crippen LogP contribution in [0.15, 0.2) is 60.3 Å². The van der Waals surface area contributed by atoms with Gasteiger partial charge < -0.3 is 20.1 Å². The van der Waals surface area contributed by atoms with Gasteiger partial charge in [-0.2, -0.15) is 0 Å². The maximum Gasteiger partial charge on any atom is 1.00 e. The molecule has 0 aliphatic carbocycles. The number of halogens is 1. The fourth-order valence-corrected chi connectivity index (χ4v) is 3.79. The van der Waals surface area contributed by atoms with Gasteiger partial charge in [0, 0.05) is 48.5 Å². The van der Waals surface area contributed by atoms with E-state index in [2.05, 4.69) is 5.32 Å². The van der Waals surface area contributed by atoms with Crippen molar-refractivity contribution in [1.82, 2.24) is 10.2 Å². The van der Waals surface area contributed by atoms with Crippen LogP contribution in [0.25, 0.3) is 0 Å². The minimum Gasteiger partial charge on any atom is -0.550 e. The van der Waals surface area contributed by atoms with Crippen LogP contribution in [-0.2, 0) is 20.8 Å². The van der Waals surface area contributed by atoms with Crippen molar-refractivity contribution >= 4 is 41.0 Å². The molecule has 3 rings (SSSR count). The summed E-state index contributed by atoms with van der Waals surface area (Å²) in [7, 11) is 1.51. The predicted octanol–water partition coefficient (Wildman–Crippen LogP) is -1.10. The Labute approximate surface area is 224 Å². The number of hydrogen-bond acceptors (Lipinski definition) is 5. The van der Waals surface area contributed by atoms with Crippen molar-refractivity contribution in [1.29, 1.82) is 0 Å². The molecule has 0 saturated heterocycles. The van der Waals surface area contributed by atoms with Crippen LogP contribution in [0.4, 0.5) is 10.5 Å².